The molecule has 0 spiro atoms. The topological polar surface area (TPSA) is 38.8 Å². The molecule has 0 bridgehead atoms. The molecule has 0 saturated carbocycles. The molecule has 6 heteroatoms. The van der Waals surface area contributed by atoms with E-state index in [0.717, 1.165) is 31.7 Å². The molecule has 1 unspecified atom stereocenters. The lowest BCUT2D eigenvalue weighted by molar-refractivity contribution is -0.147. The second-order valence-corrected chi connectivity index (χ2v) is 5.89. The van der Waals surface area contributed by atoms with Gasteiger partial charge < -0.3 is 9.47 Å². The first-order valence-corrected chi connectivity index (χ1v) is 7.76. The molecule has 23 heavy (non-hydrogen) atoms. The lowest BCUT2D eigenvalue weighted by atomic mass is 9.99. The molecule has 1 aromatic carbocycles. The van der Waals surface area contributed by atoms with Gasteiger partial charge in [-0.3, -0.25) is 0 Å². The van der Waals surface area contributed by atoms with Crippen LogP contribution >= 0.6 is 0 Å². The number of rotatable bonds is 8. The van der Waals surface area contributed by atoms with Gasteiger partial charge in [0.25, 0.3) is 0 Å². The molecular weight excluding hydrogens is 309 g/mol. The van der Waals surface area contributed by atoms with E-state index in [-0.39, 0.29) is 5.97 Å². The number of esters is 1. The maximum absolute atomic E-state index is 12.6. The summed E-state index contributed by atoms with van der Waals surface area (Å²) in [5.41, 5.74) is -0.618. The predicted octanol–water partition coefficient (Wildman–Crippen LogP) is 4.14. The van der Waals surface area contributed by atoms with Crippen LogP contribution in [0.2, 0.25) is 0 Å². The lowest BCUT2D eigenvalue weighted by Crippen LogP contribution is -2.25. The molecule has 1 aliphatic heterocycles. The largest absolute Gasteiger partial charge is 0.467 e. The van der Waals surface area contributed by atoms with E-state index >= 15 is 0 Å². The van der Waals surface area contributed by atoms with Gasteiger partial charge in [0.05, 0.1) is 19.3 Å². The standard InChI is InChI=1S/C17H21F3O3/c1-22-15(21)16(12-23-16)10-5-3-2-4-7-13-8-6-9-14(11-13)17(18,19)20/h6,8-9,11H,2-5,7,10,12H2,1H3. The normalized spacial score (nSPS) is 20.3. The molecule has 0 aliphatic carbocycles. The van der Waals surface area contributed by atoms with E-state index in [4.69, 9.17) is 9.47 Å². The summed E-state index contributed by atoms with van der Waals surface area (Å²) in [6, 6.07) is 5.47. The summed E-state index contributed by atoms with van der Waals surface area (Å²) in [7, 11) is 1.35. The minimum absolute atomic E-state index is 0.318. The number of ether oxygens (including phenoxy) is 2. The number of carbonyl (C=O) groups is 1. The number of epoxide rings is 1. The zero-order chi connectivity index (χ0) is 16.9. The van der Waals surface area contributed by atoms with Crippen LogP contribution < -0.4 is 0 Å². The van der Waals surface area contributed by atoms with Crippen molar-refractivity contribution in [3.8, 4) is 0 Å². The van der Waals surface area contributed by atoms with Crippen molar-refractivity contribution in [2.24, 2.45) is 0 Å². The van der Waals surface area contributed by atoms with Crippen molar-refractivity contribution in [3.05, 3.63) is 35.4 Å². The van der Waals surface area contributed by atoms with Crippen LogP contribution in [-0.4, -0.2) is 25.3 Å². The van der Waals surface area contributed by atoms with Crippen LogP contribution in [0, 0.1) is 0 Å². The van der Waals surface area contributed by atoms with Crippen molar-refractivity contribution in [2.45, 2.75) is 50.3 Å². The summed E-state index contributed by atoms with van der Waals surface area (Å²) in [6.45, 7) is 0.421. The molecule has 3 nitrogen and oxygen atoms in total. The summed E-state index contributed by atoms with van der Waals surface area (Å²) in [5, 5.41) is 0. The van der Waals surface area contributed by atoms with Crippen molar-refractivity contribution < 1.29 is 27.4 Å². The van der Waals surface area contributed by atoms with Gasteiger partial charge in [-0.05, 0) is 37.3 Å². The molecule has 1 saturated heterocycles. The monoisotopic (exact) mass is 330 g/mol. The Balaban J connectivity index is 1.66. The Hall–Kier alpha value is -1.56. The highest BCUT2D eigenvalue weighted by Gasteiger charge is 2.52. The smallest absolute Gasteiger partial charge is 0.416 e. The van der Waals surface area contributed by atoms with Crippen LogP contribution in [0.3, 0.4) is 0 Å². The van der Waals surface area contributed by atoms with Crippen LogP contribution in [0.4, 0.5) is 13.2 Å². The van der Waals surface area contributed by atoms with Crippen molar-refractivity contribution in [1.82, 2.24) is 0 Å². The van der Waals surface area contributed by atoms with Gasteiger partial charge in [-0.15, -0.1) is 0 Å². The Morgan fingerprint density at radius 3 is 2.57 bits per heavy atom. The fourth-order valence-electron chi connectivity index (χ4n) is 2.63. The number of carbonyl (C=O) groups excluding carboxylic acids is 1. The molecule has 0 aromatic heterocycles. The number of hydrogen-bond donors (Lipinski definition) is 0. The quantitative estimate of drug-likeness (QED) is 0.408. The zero-order valence-electron chi connectivity index (χ0n) is 13.1. The number of unbranched alkanes of at least 4 members (excludes halogenated alkanes) is 3. The van der Waals surface area contributed by atoms with Crippen LogP contribution in [-0.2, 0) is 26.9 Å². The van der Waals surface area contributed by atoms with E-state index in [1.807, 2.05) is 0 Å². The number of methoxy groups -OCH3 is 1. The summed E-state index contributed by atoms with van der Waals surface area (Å²) in [5.74, 6) is -0.318. The average Bonchev–Trinajstić information content (AvgIpc) is 3.30. The van der Waals surface area contributed by atoms with E-state index < -0.39 is 17.3 Å². The summed E-state index contributed by atoms with van der Waals surface area (Å²) >= 11 is 0. The predicted molar refractivity (Wildman–Crippen MR) is 78.9 cm³/mol. The Morgan fingerprint density at radius 2 is 1.96 bits per heavy atom. The summed E-state index contributed by atoms with van der Waals surface area (Å²) < 4.78 is 47.7. The van der Waals surface area contributed by atoms with Gasteiger partial charge >= 0.3 is 12.1 Å². The first-order valence-electron chi connectivity index (χ1n) is 7.76. The number of benzene rings is 1. The molecule has 128 valence electrons. The van der Waals surface area contributed by atoms with Gasteiger partial charge in [0.1, 0.15) is 0 Å². The molecule has 1 heterocycles. The Kier molecular flexibility index (Phi) is 5.68. The van der Waals surface area contributed by atoms with Gasteiger partial charge in [0.15, 0.2) is 5.60 Å². The van der Waals surface area contributed by atoms with Gasteiger partial charge in [0, 0.05) is 0 Å². The van der Waals surface area contributed by atoms with Crippen molar-refractivity contribution in [2.75, 3.05) is 13.7 Å². The third kappa shape index (κ3) is 4.96. The Bertz CT molecular complexity index is 536. The first kappa shape index (κ1) is 17.8. The molecule has 1 fully saturated rings. The fourth-order valence-corrected chi connectivity index (χ4v) is 2.63. The van der Waals surface area contributed by atoms with E-state index in [9.17, 15) is 18.0 Å². The molecule has 1 aliphatic rings. The highest BCUT2D eigenvalue weighted by atomic mass is 19.4. The summed E-state index contributed by atoms with van der Waals surface area (Å²) in [4.78, 5) is 11.5. The minimum atomic E-state index is -4.29. The van der Waals surface area contributed by atoms with E-state index in [1.165, 1.54) is 19.2 Å². The van der Waals surface area contributed by atoms with E-state index in [0.29, 0.717) is 25.0 Å². The van der Waals surface area contributed by atoms with Gasteiger partial charge in [-0.1, -0.05) is 31.0 Å². The Labute approximate surface area is 133 Å². The second kappa shape index (κ2) is 7.34. The van der Waals surface area contributed by atoms with Gasteiger partial charge in [-0.2, -0.15) is 13.2 Å². The number of aryl methyl sites for hydroxylation is 1. The first-order chi connectivity index (χ1) is 10.9. The minimum Gasteiger partial charge on any atom is -0.467 e. The summed E-state index contributed by atoms with van der Waals surface area (Å²) in [6.07, 6.45) is 0.480. The van der Waals surface area contributed by atoms with Crippen molar-refractivity contribution >= 4 is 5.97 Å². The molecule has 0 N–H and O–H groups in total. The van der Waals surface area contributed by atoms with E-state index in [2.05, 4.69) is 0 Å². The van der Waals surface area contributed by atoms with Crippen molar-refractivity contribution in [3.63, 3.8) is 0 Å². The maximum atomic E-state index is 12.6. The Morgan fingerprint density at radius 1 is 1.26 bits per heavy atom. The van der Waals surface area contributed by atoms with Crippen LogP contribution in [0.1, 0.15) is 43.2 Å². The molecule has 1 atom stereocenters. The second-order valence-electron chi connectivity index (χ2n) is 5.89. The van der Waals surface area contributed by atoms with Gasteiger partial charge in [-0.25, -0.2) is 4.79 Å². The molecule has 0 radical (unpaired) electrons. The SMILES string of the molecule is COC(=O)C1(CCCCCCc2cccc(C(F)(F)F)c2)CO1. The number of alkyl halides is 3. The maximum Gasteiger partial charge on any atom is 0.416 e. The molecular formula is C17H21F3O3. The molecule has 1 aromatic rings. The molecule has 2 rings (SSSR count). The van der Waals surface area contributed by atoms with Crippen LogP contribution in [0.15, 0.2) is 24.3 Å². The third-order valence-electron chi connectivity index (χ3n) is 4.10. The van der Waals surface area contributed by atoms with E-state index in [1.54, 1.807) is 6.07 Å². The number of hydrogen-bond acceptors (Lipinski definition) is 3. The van der Waals surface area contributed by atoms with Crippen molar-refractivity contribution in [1.29, 1.82) is 0 Å². The highest BCUT2D eigenvalue weighted by molar-refractivity contribution is 5.82. The third-order valence-corrected chi connectivity index (χ3v) is 4.10. The zero-order valence-corrected chi connectivity index (χ0v) is 13.1. The van der Waals surface area contributed by atoms with Crippen LogP contribution in [0.5, 0.6) is 0 Å². The lowest BCUT2D eigenvalue weighted by Gasteiger charge is -2.10. The molecule has 0 amide bonds. The average molecular weight is 330 g/mol. The highest BCUT2D eigenvalue weighted by Crippen LogP contribution is 2.34. The van der Waals surface area contributed by atoms with Crippen LogP contribution in [0.25, 0.3) is 0 Å². The van der Waals surface area contributed by atoms with Gasteiger partial charge in [0.2, 0.25) is 0 Å². The fraction of sp³-hybridized carbons (Fsp3) is 0.588. The number of halogens is 3.